The van der Waals surface area contributed by atoms with Crippen LogP contribution in [0.5, 0.6) is 5.75 Å². The Morgan fingerprint density at radius 3 is 2.52 bits per heavy atom. The Kier molecular flexibility index (Phi) is 5.67. The van der Waals surface area contributed by atoms with Gasteiger partial charge < -0.3 is 4.74 Å². The molecule has 1 fully saturated rings. The predicted octanol–water partition coefficient (Wildman–Crippen LogP) is 4.65. The molecule has 134 valence electrons. The van der Waals surface area contributed by atoms with Crippen molar-refractivity contribution in [2.24, 2.45) is 0 Å². The molecule has 0 unspecified atom stereocenters. The van der Waals surface area contributed by atoms with Crippen LogP contribution in [0.15, 0.2) is 53.4 Å². The topological polar surface area (TPSA) is 46.6 Å². The lowest BCUT2D eigenvalue weighted by molar-refractivity contribution is 0.328. The highest BCUT2D eigenvalue weighted by Crippen LogP contribution is 2.35. The lowest BCUT2D eigenvalue weighted by atomic mass is 10.0. The van der Waals surface area contributed by atoms with Crippen molar-refractivity contribution in [3.05, 3.63) is 59.1 Å². The molecule has 6 heteroatoms. The summed E-state index contributed by atoms with van der Waals surface area (Å²) in [4.78, 5) is 0.250. The molecule has 0 spiro atoms. The van der Waals surface area contributed by atoms with Crippen LogP contribution in [0.3, 0.4) is 0 Å². The monoisotopic (exact) mass is 379 g/mol. The average Bonchev–Trinajstić information content (AvgIpc) is 2.88. The van der Waals surface area contributed by atoms with Crippen molar-refractivity contribution in [1.82, 2.24) is 4.31 Å². The molecule has 0 aromatic heterocycles. The maximum absolute atomic E-state index is 13.2. The number of sulfonamides is 1. The molecule has 3 rings (SSSR count). The summed E-state index contributed by atoms with van der Waals surface area (Å²) < 4.78 is 33.3. The predicted molar refractivity (Wildman–Crippen MR) is 99.5 cm³/mol. The van der Waals surface area contributed by atoms with E-state index in [1.54, 1.807) is 29.6 Å². The Morgan fingerprint density at radius 2 is 1.84 bits per heavy atom. The zero-order chi connectivity index (χ0) is 17.9. The molecule has 2 aromatic rings. The minimum atomic E-state index is -3.60. The highest BCUT2D eigenvalue weighted by atomic mass is 35.5. The summed E-state index contributed by atoms with van der Waals surface area (Å²) in [5, 5.41) is 0.428. The van der Waals surface area contributed by atoms with Gasteiger partial charge in [0.05, 0.1) is 18.0 Å². The van der Waals surface area contributed by atoms with Crippen molar-refractivity contribution in [2.45, 2.75) is 36.6 Å². The molecule has 0 radical (unpaired) electrons. The van der Waals surface area contributed by atoms with E-state index in [0.717, 1.165) is 37.0 Å². The summed E-state index contributed by atoms with van der Waals surface area (Å²) in [7, 11) is -1.98. The van der Waals surface area contributed by atoms with E-state index in [1.807, 2.05) is 24.3 Å². The maximum atomic E-state index is 13.2. The van der Waals surface area contributed by atoms with Gasteiger partial charge in [-0.25, -0.2) is 8.42 Å². The van der Waals surface area contributed by atoms with Crippen molar-refractivity contribution in [3.63, 3.8) is 0 Å². The number of hydrogen-bond acceptors (Lipinski definition) is 3. The van der Waals surface area contributed by atoms with Crippen LogP contribution in [0.4, 0.5) is 0 Å². The van der Waals surface area contributed by atoms with E-state index >= 15 is 0 Å². The van der Waals surface area contributed by atoms with Crippen LogP contribution in [0.25, 0.3) is 0 Å². The SMILES string of the molecule is COc1ccc([C@H]2CCCCCN2S(=O)(=O)c2cccc(Cl)c2)cc1. The van der Waals surface area contributed by atoms with Gasteiger partial charge in [0.1, 0.15) is 5.75 Å². The first-order chi connectivity index (χ1) is 12.0. The van der Waals surface area contributed by atoms with Gasteiger partial charge in [-0.15, -0.1) is 0 Å². The molecule has 0 aliphatic carbocycles. The highest BCUT2D eigenvalue weighted by Gasteiger charge is 2.33. The van der Waals surface area contributed by atoms with Gasteiger partial charge >= 0.3 is 0 Å². The molecule has 4 nitrogen and oxygen atoms in total. The molecule has 1 aliphatic rings. The summed E-state index contributed by atoms with van der Waals surface area (Å²) in [6, 6.07) is 14.0. The molecule has 0 amide bonds. The normalized spacial score (nSPS) is 19.4. The Hall–Kier alpha value is -1.56. The van der Waals surface area contributed by atoms with Crippen LogP contribution in [0.2, 0.25) is 5.02 Å². The number of ether oxygens (including phenoxy) is 1. The van der Waals surface area contributed by atoms with Gasteiger partial charge in [-0.1, -0.05) is 42.6 Å². The van der Waals surface area contributed by atoms with Crippen LogP contribution < -0.4 is 4.74 Å². The van der Waals surface area contributed by atoms with Crippen molar-refractivity contribution in [1.29, 1.82) is 0 Å². The van der Waals surface area contributed by atoms with Gasteiger partial charge in [0.25, 0.3) is 0 Å². The minimum Gasteiger partial charge on any atom is -0.497 e. The first-order valence-corrected chi connectivity index (χ1v) is 10.3. The zero-order valence-corrected chi connectivity index (χ0v) is 15.8. The van der Waals surface area contributed by atoms with Gasteiger partial charge in [-0.2, -0.15) is 4.31 Å². The fourth-order valence-corrected chi connectivity index (χ4v) is 5.28. The van der Waals surface area contributed by atoms with Gasteiger partial charge in [0, 0.05) is 11.6 Å². The maximum Gasteiger partial charge on any atom is 0.243 e. The zero-order valence-electron chi connectivity index (χ0n) is 14.2. The number of methoxy groups -OCH3 is 1. The number of halogens is 1. The summed E-state index contributed by atoms with van der Waals surface area (Å²) in [5.74, 6) is 0.765. The summed E-state index contributed by atoms with van der Waals surface area (Å²) in [5.41, 5.74) is 0.994. The van der Waals surface area contributed by atoms with E-state index < -0.39 is 10.0 Å². The fraction of sp³-hybridized carbons (Fsp3) is 0.368. The van der Waals surface area contributed by atoms with Crippen LogP contribution in [0.1, 0.15) is 37.3 Å². The van der Waals surface area contributed by atoms with Crippen molar-refractivity contribution in [2.75, 3.05) is 13.7 Å². The molecular weight excluding hydrogens is 358 g/mol. The average molecular weight is 380 g/mol. The first kappa shape index (κ1) is 18.2. The van der Waals surface area contributed by atoms with E-state index in [2.05, 4.69) is 0 Å². The molecule has 25 heavy (non-hydrogen) atoms. The third-order valence-electron chi connectivity index (χ3n) is 4.61. The Bertz CT molecular complexity index is 821. The Labute approximate surface area is 154 Å². The fourth-order valence-electron chi connectivity index (χ4n) is 3.29. The third kappa shape index (κ3) is 4.00. The van der Waals surface area contributed by atoms with Crippen LogP contribution in [0, 0.1) is 0 Å². The molecular formula is C19H22ClNO3S. The van der Waals surface area contributed by atoms with Gasteiger partial charge in [0.2, 0.25) is 10.0 Å². The number of hydrogen-bond donors (Lipinski definition) is 0. The van der Waals surface area contributed by atoms with Crippen LogP contribution in [-0.4, -0.2) is 26.4 Å². The second-order valence-corrected chi connectivity index (χ2v) is 8.54. The molecule has 2 aromatic carbocycles. The van der Waals surface area contributed by atoms with Crippen LogP contribution in [-0.2, 0) is 10.0 Å². The Balaban J connectivity index is 2.00. The van der Waals surface area contributed by atoms with E-state index in [1.165, 1.54) is 6.07 Å². The van der Waals surface area contributed by atoms with E-state index in [4.69, 9.17) is 16.3 Å². The van der Waals surface area contributed by atoms with Crippen molar-refractivity contribution < 1.29 is 13.2 Å². The minimum absolute atomic E-state index is 0.169. The lowest BCUT2D eigenvalue weighted by Crippen LogP contribution is -2.34. The number of nitrogens with zero attached hydrogens (tertiary/aromatic N) is 1. The second kappa shape index (κ2) is 7.77. The molecule has 0 N–H and O–H groups in total. The van der Waals surface area contributed by atoms with Crippen LogP contribution >= 0.6 is 11.6 Å². The lowest BCUT2D eigenvalue weighted by Gasteiger charge is -2.29. The number of rotatable bonds is 4. The largest absolute Gasteiger partial charge is 0.497 e. The van der Waals surface area contributed by atoms with Crippen molar-refractivity contribution in [3.8, 4) is 5.75 Å². The molecule has 1 aliphatic heterocycles. The van der Waals surface area contributed by atoms with E-state index in [0.29, 0.717) is 11.6 Å². The smallest absolute Gasteiger partial charge is 0.243 e. The van der Waals surface area contributed by atoms with Gasteiger partial charge in [0.15, 0.2) is 0 Å². The van der Waals surface area contributed by atoms with E-state index in [-0.39, 0.29) is 10.9 Å². The molecule has 1 saturated heterocycles. The Morgan fingerprint density at radius 1 is 1.08 bits per heavy atom. The van der Waals surface area contributed by atoms with E-state index in [9.17, 15) is 8.42 Å². The summed E-state index contributed by atoms with van der Waals surface area (Å²) in [6.45, 7) is 0.519. The standard InChI is InChI=1S/C19H22ClNO3S/c1-24-17-11-9-15(10-12-17)19-8-3-2-4-13-21(19)25(22,23)18-7-5-6-16(20)14-18/h5-7,9-12,14,19H,2-4,8,13H2,1H3/t19-/m1/s1. The quantitative estimate of drug-likeness (QED) is 0.776. The molecule has 1 atom stereocenters. The summed E-state index contributed by atoms with van der Waals surface area (Å²) >= 11 is 6.01. The first-order valence-electron chi connectivity index (χ1n) is 8.44. The number of benzene rings is 2. The molecule has 0 bridgehead atoms. The van der Waals surface area contributed by atoms with Crippen molar-refractivity contribution >= 4 is 21.6 Å². The molecule has 1 heterocycles. The summed E-state index contributed by atoms with van der Waals surface area (Å²) in [6.07, 6.45) is 3.73. The third-order valence-corrected chi connectivity index (χ3v) is 6.75. The second-order valence-electron chi connectivity index (χ2n) is 6.21. The molecule has 0 saturated carbocycles. The van der Waals surface area contributed by atoms with Gasteiger partial charge in [-0.05, 0) is 48.7 Å². The highest BCUT2D eigenvalue weighted by molar-refractivity contribution is 7.89. The van der Waals surface area contributed by atoms with Gasteiger partial charge in [-0.3, -0.25) is 0 Å².